The van der Waals surface area contributed by atoms with Gasteiger partial charge >= 0.3 is 0 Å². The summed E-state index contributed by atoms with van der Waals surface area (Å²) < 4.78 is 1.41. The van der Waals surface area contributed by atoms with Crippen LogP contribution in [0.3, 0.4) is 0 Å². The van der Waals surface area contributed by atoms with Crippen LogP contribution in [0.1, 0.15) is 49.1 Å². The summed E-state index contributed by atoms with van der Waals surface area (Å²) in [6.07, 6.45) is 0. The molecule has 1 atom stereocenters. The number of carbonyl (C=O) groups is 1. The van der Waals surface area contributed by atoms with E-state index in [2.05, 4.69) is 24.3 Å². The van der Waals surface area contributed by atoms with Crippen LogP contribution in [0.4, 0.5) is 0 Å². The number of nitrogens with one attached hydrogen (secondary N) is 1. The molecule has 3 rings (SSSR count). The fourth-order valence-electron chi connectivity index (χ4n) is 3.12. The number of nitrogens with zero attached hydrogens (tertiary/aromatic N) is 2. The maximum absolute atomic E-state index is 13.1. The Morgan fingerprint density at radius 1 is 1.11 bits per heavy atom. The van der Waals surface area contributed by atoms with Gasteiger partial charge in [-0.1, -0.05) is 52.0 Å². The Kier molecular flexibility index (Phi) is 5.75. The third-order valence-electron chi connectivity index (χ3n) is 4.42. The number of thiophene rings is 1. The van der Waals surface area contributed by atoms with E-state index in [-0.39, 0.29) is 29.3 Å². The van der Waals surface area contributed by atoms with Gasteiger partial charge in [-0.3, -0.25) is 9.59 Å². The van der Waals surface area contributed by atoms with E-state index in [1.807, 2.05) is 43.5 Å². The molecule has 1 aromatic carbocycles. The number of hydrogen-bond acceptors (Lipinski definition) is 4. The van der Waals surface area contributed by atoms with Crippen LogP contribution in [0.25, 0.3) is 10.8 Å². The van der Waals surface area contributed by atoms with Crippen LogP contribution in [0.5, 0.6) is 0 Å². The summed E-state index contributed by atoms with van der Waals surface area (Å²) in [5.74, 6) is 0.234. The summed E-state index contributed by atoms with van der Waals surface area (Å²) >= 11 is 1.62. The van der Waals surface area contributed by atoms with Gasteiger partial charge in [0.2, 0.25) is 0 Å². The van der Waals surface area contributed by atoms with Gasteiger partial charge in [-0.05, 0) is 29.3 Å². The van der Waals surface area contributed by atoms with Crippen molar-refractivity contribution in [3.05, 3.63) is 62.7 Å². The number of benzene rings is 1. The van der Waals surface area contributed by atoms with E-state index < -0.39 is 0 Å². The van der Waals surface area contributed by atoms with Crippen molar-refractivity contribution < 1.29 is 4.79 Å². The van der Waals surface area contributed by atoms with E-state index >= 15 is 0 Å². The maximum atomic E-state index is 13.1. The SMILES string of the molecule is CC(C)Cn1nc(C(=O)N[C@H](c2cccs2)C(C)C)c2ccccc2c1=O. The second-order valence-corrected chi connectivity index (χ2v) is 8.47. The zero-order chi connectivity index (χ0) is 19.6. The molecule has 0 aliphatic heterocycles. The Bertz CT molecular complexity index is 990. The van der Waals surface area contributed by atoms with Crippen molar-refractivity contribution in [1.82, 2.24) is 15.1 Å². The minimum atomic E-state index is -0.254. The van der Waals surface area contributed by atoms with E-state index in [4.69, 9.17) is 0 Å². The molecule has 0 saturated heterocycles. The molecule has 1 N–H and O–H groups in total. The Labute approximate surface area is 163 Å². The van der Waals surface area contributed by atoms with Gasteiger partial charge in [0.1, 0.15) is 0 Å². The second-order valence-electron chi connectivity index (χ2n) is 7.49. The fourth-order valence-corrected chi connectivity index (χ4v) is 4.07. The monoisotopic (exact) mass is 383 g/mol. The molecule has 3 aromatic rings. The van der Waals surface area contributed by atoms with E-state index in [1.165, 1.54) is 4.68 Å². The van der Waals surface area contributed by atoms with Gasteiger partial charge in [-0.15, -0.1) is 11.3 Å². The molecular weight excluding hydrogens is 358 g/mol. The summed E-state index contributed by atoms with van der Waals surface area (Å²) in [7, 11) is 0. The predicted octanol–water partition coefficient (Wildman–Crippen LogP) is 4.24. The Balaban J connectivity index is 2.05. The molecule has 0 saturated carbocycles. The molecule has 0 spiro atoms. The van der Waals surface area contributed by atoms with Crippen molar-refractivity contribution in [2.45, 2.75) is 40.3 Å². The molecule has 0 radical (unpaired) electrons. The summed E-state index contributed by atoms with van der Waals surface area (Å²) in [6.45, 7) is 8.68. The number of hydrogen-bond donors (Lipinski definition) is 1. The van der Waals surface area contributed by atoms with Crippen LogP contribution in [-0.4, -0.2) is 15.7 Å². The van der Waals surface area contributed by atoms with E-state index in [0.29, 0.717) is 23.0 Å². The van der Waals surface area contributed by atoms with Crippen LogP contribution in [-0.2, 0) is 6.54 Å². The molecule has 0 aliphatic rings. The normalized spacial score (nSPS) is 12.7. The standard InChI is InChI=1S/C21H25N3O2S/c1-13(2)12-24-21(26)16-9-6-5-8-15(16)19(23-24)20(25)22-18(14(3)4)17-10-7-11-27-17/h5-11,13-14,18H,12H2,1-4H3,(H,22,25)/t18-/m0/s1. The maximum Gasteiger partial charge on any atom is 0.274 e. The topological polar surface area (TPSA) is 64.0 Å². The third kappa shape index (κ3) is 4.11. The highest BCUT2D eigenvalue weighted by Gasteiger charge is 2.23. The quantitative estimate of drug-likeness (QED) is 0.692. The lowest BCUT2D eigenvalue weighted by Crippen LogP contribution is -2.35. The molecule has 27 heavy (non-hydrogen) atoms. The van der Waals surface area contributed by atoms with Crippen molar-refractivity contribution in [2.75, 3.05) is 0 Å². The van der Waals surface area contributed by atoms with Gasteiger partial charge in [-0.25, -0.2) is 4.68 Å². The molecule has 0 aliphatic carbocycles. The zero-order valence-electron chi connectivity index (χ0n) is 16.1. The Hall–Kier alpha value is -2.47. The van der Waals surface area contributed by atoms with Crippen LogP contribution in [0, 0.1) is 11.8 Å². The number of amides is 1. The van der Waals surface area contributed by atoms with Gasteiger partial charge < -0.3 is 5.32 Å². The van der Waals surface area contributed by atoms with E-state index in [9.17, 15) is 9.59 Å². The van der Waals surface area contributed by atoms with Gasteiger partial charge in [0, 0.05) is 16.8 Å². The first-order valence-electron chi connectivity index (χ1n) is 9.22. The van der Waals surface area contributed by atoms with Crippen molar-refractivity contribution in [3.8, 4) is 0 Å². The Morgan fingerprint density at radius 2 is 1.81 bits per heavy atom. The Morgan fingerprint density at radius 3 is 2.41 bits per heavy atom. The first-order chi connectivity index (χ1) is 12.9. The predicted molar refractivity (Wildman–Crippen MR) is 110 cm³/mol. The molecule has 2 aromatic heterocycles. The molecule has 0 bridgehead atoms. The van der Waals surface area contributed by atoms with Crippen molar-refractivity contribution in [2.24, 2.45) is 11.8 Å². The molecule has 2 heterocycles. The highest BCUT2D eigenvalue weighted by atomic mass is 32.1. The van der Waals surface area contributed by atoms with Crippen molar-refractivity contribution in [3.63, 3.8) is 0 Å². The smallest absolute Gasteiger partial charge is 0.274 e. The molecule has 142 valence electrons. The van der Waals surface area contributed by atoms with Crippen LogP contribution < -0.4 is 10.9 Å². The minimum Gasteiger partial charge on any atom is -0.343 e. The van der Waals surface area contributed by atoms with E-state index in [1.54, 1.807) is 23.5 Å². The van der Waals surface area contributed by atoms with Gasteiger partial charge in [0.15, 0.2) is 5.69 Å². The summed E-state index contributed by atoms with van der Waals surface area (Å²) in [6, 6.07) is 11.1. The molecule has 6 heteroatoms. The van der Waals surface area contributed by atoms with Crippen molar-refractivity contribution >= 4 is 28.0 Å². The lowest BCUT2D eigenvalue weighted by Gasteiger charge is -2.21. The zero-order valence-corrected chi connectivity index (χ0v) is 16.9. The minimum absolute atomic E-state index is 0.0939. The first-order valence-corrected chi connectivity index (χ1v) is 10.1. The fraction of sp³-hybridized carbons (Fsp3) is 0.381. The molecule has 0 fully saturated rings. The summed E-state index contributed by atoms with van der Waals surface area (Å²) in [5.41, 5.74) is 0.141. The third-order valence-corrected chi connectivity index (χ3v) is 5.38. The van der Waals surface area contributed by atoms with Gasteiger partial charge in [0.05, 0.1) is 11.4 Å². The first kappa shape index (κ1) is 19.3. The van der Waals surface area contributed by atoms with Crippen molar-refractivity contribution in [1.29, 1.82) is 0 Å². The lowest BCUT2D eigenvalue weighted by atomic mass is 10.0. The lowest BCUT2D eigenvalue weighted by molar-refractivity contribution is 0.0920. The highest BCUT2D eigenvalue weighted by molar-refractivity contribution is 7.10. The number of aromatic nitrogens is 2. The average Bonchev–Trinajstić information content (AvgIpc) is 3.15. The average molecular weight is 384 g/mol. The molecule has 1 amide bonds. The summed E-state index contributed by atoms with van der Waals surface area (Å²) in [4.78, 5) is 27.0. The molecule has 5 nitrogen and oxygen atoms in total. The second kappa shape index (κ2) is 8.05. The number of fused-ring (bicyclic) bond motifs is 1. The van der Waals surface area contributed by atoms with E-state index in [0.717, 1.165) is 4.88 Å². The molecular formula is C21H25N3O2S. The van der Waals surface area contributed by atoms with Crippen LogP contribution in [0.15, 0.2) is 46.6 Å². The van der Waals surface area contributed by atoms with Gasteiger partial charge in [0.25, 0.3) is 11.5 Å². The number of rotatable bonds is 6. The van der Waals surface area contributed by atoms with Gasteiger partial charge in [-0.2, -0.15) is 5.10 Å². The molecule has 0 unspecified atom stereocenters. The van der Waals surface area contributed by atoms with Crippen LogP contribution in [0.2, 0.25) is 0 Å². The van der Waals surface area contributed by atoms with Crippen LogP contribution >= 0.6 is 11.3 Å². The largest absolute Gasteiger partial charge is 0.343 e. The highest BCUT2D eigenvalue weighted by Crippen LogP contribution is 2.26. The summed E-state index contributed by atoms with van der Waals surface area (Å²) in [5, 5.41) is 10.7. The number of carbonyl (C=O) groups excluding carboxylic acids is 1.